The van der Waals surface area contributed by atoms with Crippen molar-refractivity contribution in [2.75, 3.05) is 11.9 Å². The van der Waals surface area contributed by atoms with Gasteiger partial charge in [0, 0.05) is 17.1 Å². The monoisotopic (exact) mass is 350 g/mol. The summed E-state index contributed by atoms with van der Waals surface area (Å²) in [6.07, 6.45) is 0. The number of anilines is 1. The van der Waals surface area contributed by atoms with Crippen molar-refractivity contribution < 1.29 is 9.53 Å². The average Bonchev–Trinajstić information content (AvgIpc) is 2.61. The maximum Gasteiger partial charge on any atom is 0.251 e. The van der Waals surface area contributed by atoms with Crippen LogP contribution in [0.2, 0.25) is 0 Å². The van der Waals surface area contributed by atoms with Crippen molar-refractivity contribution in [3.63, 3.8) is 0 Å². The van der Waals surface area contributed by atoms with Crippen LogP contribution in [0.15, 0.2) is 53.3 Å². The van der Waals surface area contributed by atoms with Gasteiger partial charge in [-0.05, 0) is 56.2 Å². The number of benzene rings is 2. The van der Waals surface area contributed by atoms with Crippen molar-refractivity contribution >= 4 is 22.5 Å². The van der Waals surface area contributed by atoms with Gasteiger partial charge < -0.3 is 10.1 Å². The minimum Gasteiger partial charge on any atom is -0.494 e. The van der Waals surface area contributed by atoms with E-state index in [1.165, 1.54) is 4.57 Å². The van der Waals surface area contributed by atoms with Crippen LogP contribution in [-0.4, -0.2) is 17.1 Å². The Bertz CT molecular complexity index is 1000. The molecule has 1 heterocycles. The Balaban J connectivity index is 1.87. The van der Waals surface area contributed by atoms with Crippen LogP contribution >= 0.6 is 0 Å². The second-order valence-electron chi connectivity index (χ2n) is 6.23. The van der Waals surface area contributed by atoms with Gasteiger partial charge in [0.2, 0.25) is 5.91 Å². The molecule has 2 aromatic carbocycles. The zero-order valence-corrected chi connectivity index (χ0v) is 15.2. The Kier molecular flexibility index (Phi) is 5.07. The van der Waals surface area contributed by atoms with E-state index in [0.717, 1.165) is 27.8 Å². The molecule has 134 valence electrons. The summed E-state index contributed by atoms with van der Waals surface area (Å²) >= 11 is 0. The quantitative estimate of drug-likeness (QED) is 0.764. The first kappa shape index (κ1) is 17.7. The Hall–Kier alpha value is -3.08. The van der Waals surface area contributed by atoms with E-state index in [4.69, 9.17) is 4.74 Å². The van der Waals surface area contributed by atoms with E-state index in [9.17, 15) is 9.59 Å². The van der Waals surface area contributed by atoms with Gasteiger partial charge in [-0.3, -0.25) is 14.2 Å². The fourth-order valence-electron chi connectivity index (χ4n) is 3.09. The highest BCUT2D eigenvalue weighted by molar-refractivity contribution is 5.92. The van der Waals surface area contributed by atoms with Gasteiger partial charge in [-0.2, -0.15) is 0 Å². The molecule has 5 nitrogen and oxygen atoms in total. The van der Waals surface area contributed by atoms with Gasteiger partial charge in [0.1, 0.15) is 12.3 Å². The summed E-state index contributed by atoms with van der Waals surface area (Å²) in [5.74, 6) is 0.506. The van der Waals surface area contributed by atoms with Gasteiger partial charge in [0.05, 0.1) is 12.1 Å². The molecule has 0 aliphatic heterocycles. The highest BCUT2D eigenvalue weighted by atomic mass is 16.5. The second-order valence-corrected chi connectivity index (χ2v) is 6.23. The topological polar surface area (TPSA) is 60.3 Å². The number of hydrogen-bond acceptors (Lipinski definition) is 3. The van der Waals surface area contributed by atoms with Crippen LogP contribution in [0.25, 0.3) is 10.9 Å². The summed E-state index contributed by atoms with van der Waals surface area (Å²) in [7, 11) is 0. The minimum atomic E-state index is -0.246. The largest absolute Gasteiger partial charge is 0.494 e. The zero-order valence-electron chi connectivity index (χ0n) is 15.2. The number of carbonyl (C=O) groups is 1. The molecule has 0 unspecified atom stereocenters. The van der Waals surface area contributed by atoms with Gasteiger partial charge in [-0.15, -0.1) is 0 Å². The second kappa shape index (κ2) is 7.44. The molecule has 0 saturated heterocycles. The number of aryl methyl sites for hydroxylation is 2. The van der Waals surface area contributed by atoms with Gasteiger partial charge in [-0.25, -0.2) is 0 Å². The minimum absolute atomic E-state index is 0.0340. The highest BCUT2D eigenvalue weighted by Crippen LogP contribution is 2.20. The van der Waals surface area contributed by atoms with Crippen molar-refractivity contribution in [1.82, 2.24) is 4.57 Å². The number of para-hydroxylation sites is 1. The fraction of sp³-hybridized carbons (Fsp3) is 0.238. The molecule has 0 aliphatic rings. The van der Waals surface area contributed by atoms with E-state index in [0.29, 0.717) is 12.3 Å². The summed E-state index contributed by atoms with van der Waals surface area (Å²) in [4.78, 5) is 25.0. The molecule has 26 heavy (non-hydrogen) atoms. The molecule has 0 spiro atoms. The number of hydrogen-bond donors (Lipinski definition) is 1. The summed E-state index contributed by atoms with van der Waals surface area (Å²) in [6.45, 7) is 6.33. The summed E-state index contributed by atoms with van der Waals surface area (Å²) in [6, 6.07) is 14.6. The van der Waals surface area contributed by atoms with Gasteiger partial charge in [0.25, 0.3) is 5.56 Å². The number of amides is 1. The highest BCUT2D eigenvalue weighted by Gasteiger charge is 2.12. The van der Waals surface area contributed by atoms with Crippen molar-refractivity contribution in [2.24, 2.45) is 0 Å². The van der Waals surface area contributed by atoms with E-state index in [2.05, 4.69) is 5.32 Å². The van der Waals surface area contributed by atoms with Crippen LogP contribution in [0.4, 0.5) is 5.69 Å². The number of nitrogens with zero attached hydrogens (tertiary/aromatic N) is 1. The van der Waals surface area contributed by atoms with E-state index in [1.807, 2.05) is 39.0 Å². The summed E-state index contributed by atoms with van der Waals surface area (Å²) in [5, 5.41) is 3.82. The number of aromatic nitrogens is 1. The van der Waals surface area contributed by atoms with E-state index < -0.39 is 0 Å². The molecule has 0 atom stereocenters. The van der Waals surface area contributed by atoms with E-state index in [1.54, 1.807) is 30.3 Å². The molecule has 0 saturated carbocycles. The van der Waals surface area contributed by atoms with Crippen molar-refractivity contribution in [2.45, 2.75) is 27.3 Å². The predicted molar refractivity (Wildman–Crippen MR) is 104 cm³/mol. The molecule has 1 amide bonds. The maximum atomic E-state index is 12.5. The van der Waals surface area contributed by atoms with Crippen LogP contribution in [0.5, 0.6) is 5.75 Å². The molecule has 3 rings (SSSR count). The lowest BCUT2D eigenvalue weighted by Gasteiger charge is -2.14. The molecule has 0 bridgehead atoms. The number of carbonyl (C=O) groups excluding carboxylic acids is 1. The number of pyridine rings is 1. The third-order valence-electron chi connectivity index (χ3n) is 4.29. The lowest BCUT2D eigenvalue weighted by atomic mass is 10.1. The molecule has 1 N–H and O–H groups in total. The Morgan fingerprint density at radius 2 is 1.81 bits per heavy atom. The molecule has 0 radical (unpaired) electrons. The van der Waals surface area contributed by atoms with Gasteiger partial charge in [-0.1, -0.05) is 18.2 Å². The van der Waals surface area contributed by atoms with E-state index in [-0.39, 0.29) is 18.0 Å². The van der Waals surface area contributed by atoms with Crippen molar-refractivity contribution in [1.29, 1.82) is 0 Å². The standard InChI is InChI=1S/C21H22N2O3/c1-4-26-17-10-8-16(9-11-17)22-19(24)13-23-20(25)12-15(3)18-7-5-6-14(2)21(18)23/h5-12H,4,13H2,1-3H3,(H,22,24). The molecule has 0 aliphatic carbocycles. The number of ether oxygens (including phenoxy) is 1. The van der Waals surface area contributed by atoms with Gasteiger partial charge >= 0.3 is 0 Å². The van der Waals surface area contributed by atoms with Crippen molar-refractivity contribution in [3.8, 4) is 5.75 Å². The lowest BCUT2D eigenvalue weighted by Crippen LogP contribution is -2.28. The third-order valence-corrected chi connectivity index (χ3v) is 4.29. The summed E-state index contributed by atoms with van der Waals surface area (Å²) in [5.41, 5.74) is 3.18. The fourth-order valence-corrected chi connectivity index (χ4v) is 3.09. The Morgan fingerprint density at radius 1 is 1.08 bits per heavy atom. The first-order chi connectivity index (χ1) is 12.5. The predicted octanol–water partition coefficient (Wildman–Crippen LogP) is 3.66. The molecule has 0 fully saturated rings. The maximum absolute atomic E-state index is 12.5. The number of fused-ring (bicyclic) bond motifs is 1. The summed E-state index contributed by atoms with van der Waals surface area (Å²) < 4.78 is 6.92. The molecular weight excluding hydrogens is 328 g/mol. The van der Waals surface area contributed by atoms with Crippen LogP contribution < -0.4 is 15.6 Å². The van der Waals surface area contributed by atoms with Crippen LogP contribution in [-0.2, 0) is 11.3 Å². The van der Waals surface area contributed by atoms with E-state index >= 15 is 0 Å². The molecule has 1 aromatic heterocycles. The Labute approximate surface area is 152 Å². The zero-order chi connectivity index (χ0) is 18.7. The molecular formula is C21H22N2O3. The average molecular weight is 350 g/mol. The number of nitrogens with one attached hydrogen (secondary N) is 1. The molecule has 3 aromatic rings. The SMILES string of the molecule is CCOc1ccc(NC(=O)Cn2c(=O)cc(C)c3cccc(C)c32)cc1. The first-order valence-corrected chi connectivity index (χ1v) is 8.62. The molecule has 5 heteroatoms. The Morgan fingerprint density at radius 3 is 2.50 bits per heavy atom. The normalized spacial score (nSPS) is 10.7. The smallest absolute Gasteiger partial charge is 0.251 e. The van der Waals surface area contributed by atoms with Crippen LogP contribution in [0.1, 0.15) is 18.1 Å². The van der Waals surface area contributed by atoms with Crippen LogP contribution in [0, 0.1) is 13.8 Å². The van der Waals surface area contributed by atoms with Gasteiger partial charge in [0.15, 0.2) is 0 Å². The first-order valence-electron chi connectivity index (χ1n) is 8.62. The van der Waals surface area contributed by atoms with Crippen molar-refractivity contribution in [3.05, 3.63) is 70.0 Å². The lowest BCUT2D eigenvalue weighted by molar-refractivity contribution is -0.116. The number of rotatable bonds is 5. The van der Waals surface area contributed by atoms with Crippen LogP contribution in [0.3, 0.4) is 0 Å². The third kappa shape index (κ3) is 3.61.